The summed E-state index contributed by atoms with van der Waals surface area (Å²) >= 11 is 2.49. The van der Waals surface area contributed by atoms with Crippen LogP contribution in [-0.4, -0.2) is 23.8 Å². The number of carbonyl (C=O) groups is 1. The Labute approximate surface area is 147 Å². The Morgan fingerprint density at radius 2 is 2.21 bits per heavy atom. The van der Waals surface area contributed by atoms with E-state index in [9.17, 15) is 4.79 Å². The average Bonchev–Trinajstić information content (AvgIpc) is 3.04. The third-order valence-electron chi connectivity index (χ3n) is 3.28. The summed E-state index contributed by atoms with van der Waals surface area (Å²) in [6.07, 6.45) is 0. The number of hydrogen-bond acceptors (Lipinski definition) is 6. The number of ether oxygens (including phenoxy) is 1. The lowest BCUT2D eigenvalue weighted by molar-refractivity contribution is -0.113. The standard InChI is InChI=1S/C17H13N3O2S2/c1-22-14-7-6-11(8-13(14)19-16(21)9-23-10-18)17-20-12-4-2-3-5-15(12)24-17/h2-8H,9H2,1H3,(H,19,21). The Hall–Kier alpha value is -2.56. The highest BCUT2D eigenvalue weighted by molar-refractivity contribution is 8.04. The van der Waals surface area contributed by atoms with Gasteiger partial charge in [0.1, 0.15) is 16.2 Å². The van der Waals surface area contributed by atoms with E-state index in [0.717, 1.165) is 32.5 Å². The quantitative estimate of drug-likeness (QED) is 0.697. The molecule has 2 aromatic carbocycles. The fourth-order valence-corrected chi connectivity index (χ4v) is 3.45. The number of para-hydroxylation sites is 1. The van der Waals surface area contributed by atoms with Gasteiger partial charge in [0, 0.05) is 5.56 Å². The second kappa shape index (κ2) is 7.34. The second-order valence-electron chi connectivity index (χ2n) is 4.83. The maximum absolute atomic E-state index is 11.9. The third kappa shape index (κ3) is 3.50. The van der Waals surface area contributed by atoms with Crippen molar-refractivity contribution >= 4 is 44.9 Å². The van der Waals surface area contributed by atoms with Gasteiger partial charge < -0.3 is 10.1 Å². The highest BCUT2D eigenvalue weighted by Crippen LogP contribution is 2.34. The van der Waals surface area contributed by atoms with E-state index in [4.69, 9.17) is 10.00 Å². The predicted octanol–water partition coefficient (Wildman–Crippen LogP) is 4.12. The molecular formula is C17H13N3O2S2. The molecule has 0 aliphatic carbocycles. The van der Waals surface area contributed by atoms with Crippen molar-refractivity contribution in [1.29, 1.82) is 5.26 Å². The Morgan fingerprint density at radius 1 is 1.38 bits per heavy atom. The molecule has 0 bridgehead atoms. The highest BCUT2D eigenvalue weighted by Gasteiger charge is 2.12. The third-order valence-corrected chi connectivity index (χ3v) is 4.90. The molecule has 0 saturated heterocycles. The number of methoxy groups -OCH3 is 1. The zero-order valence-electron chi connectivity index (χ0n) is 12.8. The molecule has 3 rings (SSSR count). The van der Waals surface area contributed by atoms with E-state index in [1.165, 1.54) is 0 Å². The number of nitriles is 1. The number of carbonyl (C=O) groups excluding carboxylic acids is 1. The lowest BCUT2D eigenvalue weighted by atomic mass is 10.2. The number of nitrogens with zero attached hydrogens (tertiary/aromatic N) is 2. The highest BCUT2D eigenvalue weighted by atomic mass is 32.2. The molecule has 3 aromatic rings. The van der Waals surface area contributed by atoms with Gasteiger partial charge in [-0.05, 0) is 42.1 Å². The van der Waals surface area contributed by atoms with Gasteiger partial charge in [-0.3, -0.25) is 4.79 Å². The van der Waals surface area contributed by atoms with Gasteiger partial charge in [-0.1, -0.05) is 12.1 Å². The van der Waals surface area contributed by atoms with Crippen LogP contribution in [0.3, 0.4) is 0 Å². The van der Waals surface area contributed by atoms with Gasteiger partial charge in [0.2, 0.25) is 5.91 Å². The molecule has 0 aliphatic heterocycles. The summed E-state index contributed by atoms with van der Waals surface area (Å²) in [7, 11) is 1.55. The predicted molar refractivity (Wildman–Crippen MR) is 98.3 cm³/mol. The minimum atomic E-state index is -0.249. The van der Waals surface area contributed by atoms with Crippen LogP contribution >= 0.6 is 23.1 Å². The van der Waals surface area contributed by atoms with Crippen LogP contribution in [-0.2, 0) is 4.79 Å². The fourth-order valence-electron chi connectivity index (χ4n) is 2.22. The molecule has 0 fully saturated rings. The lowest BCUT2D eigenvalue weighted by Gasteiger charge is -2.10. The number of aromatic nitrogens is 1. The van der Waals surface area contributed by atoms with Gasteiger partial charge in [0.25, 0.3) is 0 Å². The topological polar surface area (TPSA) is 75.0 Å². The Bertz CT molecular complexity index is 898. The molecule has 1 aromatic heterocycles. The number of benzene rings is 2. The molecule has 1 amide bonds. The molecule has 0 unspecified atom stereocenters. The van der Waals surface area contributed by atoms with Crippen molar-refractivity contribution in [3.05, 3.63) is 42.5 Å². The van der Waals surface area contributed by atoms with Gasteiger partial charge in [0.05, 0.1) is 28.8 Å². The molecule has 7 heteroatoms. The summed E-state index contributed by atoms with van der Waals surface area (Å²) < 4.78 is 6.41. The van der Waals surface area contributed by atoms with Crippen molar-refractivity contribution in [3.8, 4) is 21.7 Å². The summed E-state index contributed by atoms with van der Waals surface area (Å²) in [5.41, 5.74) is 2.42. The first-order valence-corrected chi connectivity index (χ1v) is 8.86. The van der Waals surface area contributed by atoms with Crippen LogP contribution < -0.4 is 10.1 Å². The SMILES string of the molecule is COc1ccc(-c2nc3ccccc3s2)cc1NC(=O)CSC#N. The largest absolute Gasteiger partial charge is 0.495 e. The molecule has 24 heavy (non-hydrogen) atoms. The van der Waals surface area contributed by atoms with Crippen LogP contribution in [0.15, 0.2) is 42.5 Å². The number of amides is 1. The first kappa shape index (κ1) is 16.3. The summed E-state index contributed by atoms with van der Waals surface area (Å²) in [6, 6.07) is 13.5. The van der Waals surface area contributed by atoms with Gasteiger partial charge in [-0.25, -0.2) is 4.98 Å². The lowest BCUT2D eigenvalue weighted by Crippen LogP contribution is -2.14. The van der Waals surface area contributed by atoms with Crippen molar-refractivity contribution in [3.63, 3.8) is 0 Å². The number of rotatable bonds is 5. The number of anilines is 1. The number of thiazole rings is 1. The van der Waals surface area contributed by atoms with Gasteiger partial charge in [-0.15, -0.1) is 11.3 Å². The van der Waals surface area contributed by atoms with Crippen LogP contribution in [0.2, 0.25) is 0 Å². The number of thiocyanates is 1. The second-order valence-corrected chi connectivity index (χ2v) is 6.62. The van der Waals surface area contributed by atoms with Crippen molar-refractivity contribution in [2.75, 3.05) is 18.2 Å². The molecule has 0 aliphatic rings. The molecule has 0 saturated carbocycles. The summed E-state index contributed by atoms with van der Waals surface area (Å²) in [6.45, 7) is 0. The molecule has 0 spiro atoms. The van der Waals surface area contributed by atoms with Crippen LogP contribution in [0.5, 0.6) is 5.75 Å². The Morgan fingerprint density at radius 3 is 2.96 bits per heavy atom. The summed E-state index contributed by atoms with van der Waals surface area (Å²) in [5.74, 6) is 0.391. The maximum Gasteiger partial charge on any atom is 0.235 e. The van der Waals surface area contributed by atoms with E-state index >= 15 is 0 Å². The van der Waals surface area contributed by atoms with Crippen molar-refractivity contribution in [2.24, 2.45) is 0 Å². The zero-order valence-corrected chi connectivity index (χ0v) is 14.4. The molecule has 5 nitrogen and oxygen atoms in total. The first-order valence-electron chi connectivity index (χ1n) is 7.06. The molecule has 0 atom stereocenters. The average molecular weight is 355 g/mol. The van der Waals surface area contributed by atoms with Crippen molar-refractivity contribution in [1.82, 2.24) is 4.98 Å². The van der Waals surface area contributed by atoms with E-state index in [-0.39, 0.29) is 11.7 Å². The molecule has 120 valence electrons. The number of fused-ring (bicyclic) bond motifs is 1. The van der Waals surface area contributed by atoms with Crippen molar-refractivity contribution < 1.29 is 9.53 Å². The minimum Gasteiger partial charge on any atom is -0.495 e. The molecular weight excluding hydrogens is 342 g/mol. The first-order chi connectivity index (χ1) is 11.7. The van der Waals surface area contributed by atoms with Gasteiger partial charge >= 0.3 is 0 Å². The molecule has 0 radical (unpaired) electrons. The van der Waals surface area contributed by atoms with Crippen molar-refractivity contribution in [2.45, 2.75) is 0 Å². The smallest absolute Gasteiger partial charge is 0.235 e. The van der Waals surface area contributed by atoms with E-state index in [0.29, 0.717) is 11.4 Å². The van der Waals surface area contributed by atoms with E-state index in [2.05, 4.69) is 10.3 Å². The Kier molecular flexibility index (Phi) is 4.99. The van der Waals surface area contributed by atoms with Crippen LogP contribution in [0, 0.1) is 10.7 Å². The summed E-state index contributed by atoms with van der Waals surface area (Å²) in [4.78, 5) is 16.5. The normalized spacial score (nSPS) is 10.3. The van der Waals surface area contributed by atoms with E-state index in [1.54, 1.807) is 24.5 Å². The minimum absolute atomic E-state index is 0.0744. The van der Waals surface area contributed by atoms with Crippen LogP contribution in [0.1, 0.15) is 0 Å². The van der Waals surface area contributed by atoms with Crippen LogP contribution in [0.25, 0.3) is 20.8 Å². The summed E-state index contributed by atoms with van der Waals surface area (Å²) in [5, 5.41) is 14.1. The maximum atomic E-state index is 11.9. The monoisotopic (exact) mass is 355 g/mol. The fraction of sp³-hybridized carbons (Fsp3) is 0.118. The van der Waals surface area contributed by atoms with Crippen LogP contribution in [0.4, 0.5) is 5.69 Å². The number of thioether (sulfide) groups is 1. The number of hydrogen-bond donors (Lipinski definition) is 1. The Balaban J connectivity index is 1.93. The molecule has 1 heterocycles. The van der Waals surface area contributed by atoms with E-state index in [1.807, 2.05) is 41.8 Å². The van der Waals surface area contributed by atoms with Gasteiger partial charge in [-0.2, -0.15) is 5.26 Å². The van der Waals surface area contributed by atoms with Gasteiger partial charge in [0.15, 0.2) is 0 Å². The zero-order chi connectivity index (χ0) is 16.9. The number of nitrogens with one attached hydrogen (secondary N) is 1. The van der Waals surface area contributed by atoms with E-state index < -0.39 is 0 Å². The molecule has 1 N–H and O–H groups in total.